The molecule has 2 heterocycles. The van der Waals surface area contributed by atoms with E-state index in [9.17, 15) is 13.2 Å². The zero-order chi connectivity index (χ0) is 23.6. The highest BCUT2D eigenvalue weighted by molar-refractivity contribution is 8.16. The number of rotatable bonds is 7. The van der Waals surface area contributed by atoms with Crippen LogP contribution in [0, 0.1) is 6.92 Å². The molecule has 0 N–H and O–H groups in total. The number of ether oxygens (including phenoxy) is 1. The molecular weight excluding hydrogens is 458 g/mol. The molecule has 2 aromatic carbocycles. The van der Waals surface area contributed by atoms with E-state index < -0.39 is 15.7 Å². The molecule has 2 saturated heterocycles. The molecule has 2 atom stereocenters. The molecule has 0 bridgehead atoms. The molecule has 2 aromatic rings. The van der Waals surface area contributed by atoms with Crippen LogP contribution >= 0.6 is 11.8 Å². The molecule has 176 valence electrons. The van der Waals surface area contributed by atoms with Gasteiger partial charge < -0.3 is 14.5 Å². The van der Waals surface area contributed by atoms with Crippen LogP contribution in [0.15, 0.2) is 53.5 Å². The van der Waals surface area contributed by atoms with Crippen LogP contribution < -0.4 is 14.5 Å². The molecule has 2 aliphatic heterocycles. The van der Waals surface area contributed by atoms with Crippen molar-refractivity contribution in [3.05, 3.63) is 54.1 Å². The van der Waals surface area contributed by atoms with Gasteiger partial charge in [0, 0.05) is 29.7 Å². The average molecular weight is 488 g/mol. The number of carbonyl (C=O) groups excluding carboxylic acids is 1. The Morgan fingerprint density at radius 1 is 1.15 bits per heavy atom. The minimum atomic E-state index is -3.12. The first-order chi connectivity index (χ1) is 15.8. The molecule has 0 aromatic heterocycles. The quantitative estimate of drug-likeness (QED) is 0.591. The van der Waals surface area contributed by atoms with Crippen molar-refractivity contribution in [1.82, 2.24) is 0 Å². The van der Waals surface area contributed by atoms with Gasteiger partial charge in [-0.2, -0.15) is 4.99 Å². The van der Waals surface area contributed by atoms with Gasteiger partial charge in [-0.25, -0.2) is 8.42 Å². The lowest BCUT2D eigenvalue weighted by molar-refractivity contribution is -0.119. The van der Waals surface area contributed by atoms with E-state index in [1.165, 1.54) is 11.8 Å². The van der Waals surface area contributed by atoms with Gasteiger partial charge in [0.15, 0.2) is 21.6 Å². The molecule has 0 spiro atoms. The second-order valence-electron chi connectivity index (χ2n) is 8.20. The Bertz CT molecular complexity index is 1150. The Balaban J connectivity index is 1.62. The van der Waals surface area contributed by atoms with Crippen molar-refractivity contribution >= 4 is 44.0 Å². The Labute approximate surface area is 199 Å². The van der Waals surface area contributed by atoms with Gasteiger partial charge in [-0.15, -0.1) is 0 Å². The number of carbonyl (C=O) groups is 1. The van der Waals surface area contributed by atoms with Crippen LogP contribution in [0.25, 0.3) is 0 Å². The lowest BCUT2D eigenvalue weighted by Crippen LogP contribution is -2.38. The van der Waals surface area contributed by atoms with Gasteiger partial charge in [-0.05, 0) is 56.7 Å². The molecular formula is C24H29N3O4S2. The molecule has 2 aliphatic rings. The predicted molar refractivity (Wildman–Crippen MR) is 135 cm³/mol. The molecule has 9 heteroatoms. The first-order valence-electron chi connectivity index (χ1n) is 11.1. The SMILES string of the molecule is CCN(CC)c1ccc(N2C(=NC(=O)COc3ccccc3)S[C@@H]3CS(=O)(=O)C[C@H]32)c(C)c1. The molecule has 0 radical (unpaired) electrons. The van der Waals surface area contributed by atoms with Crippen molar-refractivity contribution in [1.29, 1.82) is 0 Å². The number of sulfone groups is 1. The van der Waals surface area contributed by atoms with Gasteiger partial charge in [-0.3, -0.25) is 4.79 Å². The van der Waals surface area contributed by atoms with Crippen LogP contribution in [0.3, 0.4) is 0 Å². The van der Waals surface area contributed by atoms with Crippen molar-refractivity contribution < 1.29 is 17.9 Å². The van der Waals surface area contributed by atoms with Gasteiger partial charge in [0.1, 0.15) is 5.75 Å². The number of amides is 1. The molecule has 0 unspecified atom stereocenters. The molecule has 33 heavy (non-hydrogen) atoms. The molecule has 7 nitrogen and oxygen atoms in total. The van der Waals surface area contributed by atoms with E-state index in [1.807, 2.05) is 36.1 Å². The van der Waals surface area contributed by atoms with E-state index in [2.05, 4.69) is 35.9 Å². The monoisotopic (exact) mass is 487 g/mol. The number of fused-ring (bicyclic) bond motifs is 1. The average Bonchev–Trinajstić information content (AvgIpc) is 3.25. The lowest BCUT2D eigenvalue weighted by Gasteiger charge is -2.28. The van der Waals surface area contributed by atoms with Crippen molar-refractivity contribution in [2.75, 3.05) is 41.0 Å². The highest BCUT2D eigenvalue weighted by Gasteiger charge is 2.49. The maximum absolute atomic E-state index is 12.6. The molecule has 2 fully saturated rings. The van der Waals surface area contributed by atoms with Crippen LogP contribution in [0.1, 0.15) is 19.4 Å². The third-order valence-corrected chi connectivity index (χ3v) is 9.17. The Morgan fingerprint density at radius 2 is 1.88 bits per heavy atom. The molecule has 0 aliphatic carbocycles. The summed E-state index contributed by atoms with van der Waals surface area (Å²) < 4.78 is 30.2. The smallest absolute Gasteiger partial charge is 0.285 e. The second kappa shape index (κ2) is 9.77. The normalized spacial score (nSPS) is 22.4. The Morgan fingerprint density at radius 3 is 2.55 bits per heavy atom. The van der Waals surface area contributed by atoms with Gasteiger partial charge in [0.2, 0.25) is 0 Å². The van der Waals surface area contributed by atoms with E-state index in [-0.39, 0.29) is 29.4 Å². The van der Waals surface area contributed by atoms with Crippen LogP contribution in [0.2, 0.25) is 0 Å². The number of aliphatic imine (C=N–C) groups is 1. The van der Waals surface area contributed by atoms with Crippen molar-refractivity contribution in [2.45, 2.75) is 32.1 Å². The zero-order valence-corrected chi connectivity index (χ0v) is 20.7. The highest BCUT2D eigenvalue weighted by atomic mass is 32.2. The number of nitrogens with zero attached hydrogens (tertiary/aromatic N) is 3. The Kier molecular flexibility index (Phi) is 6.99. The highest BCUT2D eigenvalue weighted by Crippen LogP contribution is 2.42. The summed E-state index contributed by atoms with van der Waals surface area (Å²) in [6.45, 7) is 7.88. The van der Waals surface area contributed by atoms with Gasteiger partial charge in [-0.1, -0.05) is 30.0 Å². The summed E-state index contributed by atoms with van der Waals surface area (Å²) in [5.41, 5.74) is 3.03. The third kappa shape index (κ3) is 5.19. The molecule has 1 amide bonds. The first-order valence-corrected chi connectivity index (χ1v) is 13.8. The number of hydrogen-bond acceptors (Lipinski definition) is 6. The number of anilines is 2. The first kappa shape index (κ1) is 23.6. The van der Waals surface area contributed by atoms with E-state index in [0.717, 1.165) is 30.0 Å². The van der Waals surface area contributed by atoms with Gasteiger partial charge >= 0.3 is 0 Å². The van der Waals surface area contributed by atoms with Crippen LogP contribution in [0.4, 0.5) is 11.4 Å². The number of para-hydroxylation sites is 1. The summed E-state index contributed by atoms with van der Waals surface area (Å²) in [6, 6.07) is 15.1. The maximum Gasteiger partial charge on any atom is 0.285 e. The predicted octanol–water partition coefficient (Wildman–Crippen LogP) is 3.52. The van der Waals surface area contributed by atoms with Crippen LogP contribution in [-0.2, 0) is 14.6 Å². The summed E-state index contributed by atoms with van der Waals surface area (Å²) in [5.74, 6) is 0.373. The fourth-order valence-corrected chi connectivity index (χ4v) is 8.27. The summed E-state index contributed by atoms with van der Waals surface area (Å²) in [5, 5.41) is 0.402. The fourth-order valence-electron chi connectivity index (χ4n) is 4.34. The summed E-state index contributed by atoms with van der Waals surface area (Å²) >= 11 is 1.37. The topological polar surface area (TPSA) is 79.3 Å². The maximum atomic E-state index is 12.6. The number of hydrogen-bond donors (Lipinski definition) is 0. The molecule has 4 rings (SSSR count). The van der Waals surface area contributed by atoms with Crippen molar-refractivity contribution in [2.24, 2.45) is 4.99 Å². The van der Waals surface area contributed by atoms with E-state index in [1.54, 1.807) is 12.1 Å². The van der Waals surface area contributed by atoms with Crippen LogP contribution in [-0.4, -0.2) is 62.0 Å². The lowest BCUT2D eigenvalue weighted by atomic mass is 10.1. The van der Waals surface area contributed by atoms with Crippen molar-refractivity contribution in [3.8, 4) is 5.75 Å². The summed E-state index contributed by atoms with van der Waals surface area (Å²) in [7, 11) is -3.12. The van der Waals surface area contributed by atoms with E-state index in [0.29, 0.717) is 10.9 Å². The summed E-state index contributed by atoms with van der Waals surface area (Å²) in [6.07, 6.45) is 0. The number of thioether (sulfide) groups is 1. The van der Waals surface area contributed by atoms with E-state index >= 15 is 0 Å². The fraction of sp³-hybridized carbons (Fsp3) is 0.417. The number of benzene rings is 2. The third-order valence-electron chi connectivity index (χ3n) is 5.96. The minimum absolute atomic E-state index is 0.0651. The number of aryl methyl sites for hydroxylation is 1. The standard InChI is InChI=1S/C24H29N3O4S2/c1-4-26(5-2)18-11-12-20(17(3)13-18)27-21-15-33(29,30)16-22(21)32-24(27)25-23(28)14-31-19-9-7-6-8-10-19/h6-13,21-22H,4-5,14-16H2,1-3H3/t21-,22-/m1/s1. The molecule has 0 saturated carbocycles. The zero-order valence-electron chi connectivity index (χ0n) is 19.1. The largest absolute Gasteiger partial charge is 0.484 e. The second-order valence-corrected chi connectivity index (χ2v) is 11.6. The van der Waals surface area contributed by atoms with Crippen molar-refractivity contribution in [3.63, 3.8) is 0 Å². The summed E-state index contributed by atoms with van der Waals surface area (Å²) in [4.78, 5) is 21.2. The van der Waals surface area contributed by atoms with Gasteiger partial charge in [0.25, 0.3) is 5.91 Å². The van der Waals surface area contributed by atoms with Gasteiger partial charge in [0.05, 0.1) is 17.5 Å². The number of amidine groups is 1. The van der Waals surface area contributed by atoms with Crippen LogP contribution in [0.5, 0.6) is 5.75 Å². The Hall–Kier alpha value is -2.52. The minimum Gasteiger partial charge on any atom is -0.484 e. The van der Waals surface area contributed by atoms with E-state index in [4.69, 9.17) is 4.74 Å².